The third-order valence-corrected chi connectivity index (χ3v) is 2.60. The minimum Gasteiger partial charge on any atom is -0.384 e. The Morgan fingerprint density at radius 3 is 2.65 bits per heavy atom. The van der Waals surface area contributed by atoms with Crippen LogP contribution in [0.4, 0.5) is 18.9 Å². The number of rotatable bonds is 5. The van der Waals surface area contributed by atoms with Crippen molar-refractivity contribution in [1.82, 2.24) is 9.88 Å². The lowest BCUT2D eigenvalue weighted by Crippen LogP contribution is -2.36. The molecule has 0 unspecified atom stereocenters. The van der Waals surface area contributed by atoms with Gasteiger partial charge in [-0.3, -0.25) is 9.78 Å². The molecule has 1 heterocycles. The van der Waals surface area contributed by atoms with Gasteiger partial charge in [0.25, 0.3) is 5.91 Å². The third-order valence-electron chi connectivity index (χ3n) is 2.60. The lowest BCUT2D eigenvalue weighted by atomic mass is 10.2. The van der Waals surface area contributed by atoms with Gasteiger partial charge in [0.15, 0.2) is 0 Å². The number of carbonyl (C=O) groups is 1. The van der Waals surface area contributed by atoms with E-state index in [1.807, 2.05) is 6.92 Å². The van der Waals surface area contributed by atoms with E-state index in [0.29, 0.717) is 22.8 Å². The number of anilines is 1. The van der Waals surface area contributed by atoms with E-state index in [2.05, 4.69) is 10.3 Å². The Morgan fingerprint density at radius 2 is 2.10 bits per heavy atom. The average molecular weight is 289 g/mol. The van der Waals surface area contributed by atoms with Crippen LogP contribution in [-0.2, 0) is 0 Å². The summed E-state index contributed by atoms with van der Waals surface area (Å²) < 4.78 is 37.0. The molecule has 7 heteroatoms. The fourth-order valence-electron chi connectivity index (χ4n) is 1.68. The molecule has 1 amide bonds. The van der Waals surface area contributed by atoms with Gasteiger partial charge < -0.3 is 10.2 Å². The highest BCUT2D eigenvalue weighted by Gasteiger charge is 2.32. The number of aromatic nitrogens is 1. The van der Waals surface area contributed by atoms with Gasteiger partial charge in [-0.15, -0.1) is 0 Å². The quantitative estimate of drug-likeness (QED) is 0.906. The molecule has 1 N–H and O–H groups in total. The van der Waals surface area contributed by atoms with Crippen molar-refractivity contribution in [2.45, 2.75) is 26.4 Å². The van der Waals surface area contributed by atoms with Crippen LogP contribution in [0.5, 0.6) is 0 Å². The first-order chi connectivity index (χ1) is 9.24. The molecule has 0 radical (unpaired) electrons. The first kappa shape index (κ1) is 16.3. The van der Waals surface area contributed by atoms with Crippen LogP contribution in [-0.4, -0.2) is 42.1 Å². The monoisotopic (exact) mass is 289 g/mol. The maximum atomic E-state index is 12.3. The molecular formula is C13H18F3N3O. The van der Waals surface area contributed by atoms with Crippen LogP contribution in [0, 0.1) is 6.92 Å². The summed E-state index contributed by atoms with van der Waals surface area (Å²) in [4.78, 5) is 16.7. The van der Waals surface area contributed by atoms with Crippen molar-refractivity contribution in [1.29, 1.82) is 0 Å². The highest BCUT2D eigenvalue weighted by atomic mass is 19.4. The molecule has 0 aliphatic rings. The lowest BCUT2D eigenvalue weighted by molar-refractivity contribution is -0.138. The Balaban J connectivity index is 2.96. The van der Waals surface area contributed by atoms with E-state index >= 15 is 0 Å². The van der Waals surface area contributed by atoms with Gasteiger partial charge in [0, 0.05) is 25.5 Å². The Morgan fingerprint density at radius 1 is 1.45 bits per heavy atom. The highest BCUT2D eigenvalue weighted by Crippen LogP contribution is 2.21. The molecule has 20 heavy (non-hydrogen) atoms. The van der Waals surface area contributed by atoms with E-state index in [1.54, 1.807) is 13.0 Å². The summed E-state index contributed by atoms with van der Waals surface area (Å²) in [6.07, 6.45) is -2.27. The van der Waals surface area contributed by atoms with E-state index in [4.69, 9.17) is 0 Å². The summed E-state index contributed by atoms with van der Waals surface area (Å²) in [5.41, 5.74) is 1.35. The van der Waals surface area contributed by atoms with Gasteiger partial charge in [-0.05, 0) is 19.4 Å². The lowest BCUT2D eigenvalue weighted by Gasteiger charge is -2.20. The van der Waals surface area contributed by atoms with E-state index in [9.17, 15) is 18.0 Å². The molecule has 0 atom stereocenters. The van der Waals surface area contributed by atoms with Gasteiger partial charge in [-0.1, -0.05) is 6.92 Å². The summed E-state index contributed by atoms with van der Waals surface area (Å²) in [6, 6.07) is 1.66. The van der Waals surface area contributed by atoms with Crippen molar-refractivity contribution < 1.29 is 18.0 Å². The van der Waals surface area contributed by atoms with Crippen molar-refractivity contribution in [3.8, 4) is 0 Å². The van der Waals surface area contributed by atoms with Crippen molar-refractivity contribution in [3.63, 3.8) is 0 Å². The second-order valence-corrected chi connectivity index (χ2v) is 4.57. The van der Waals surface area contributed by atoms with Crippen LogP contribution in [0.25, 0.3) is 0 Å². The average Bonchev–Trinajstić information content (AvgIpc) is 2.33. The number of halogens is 3. The van der Waals surface area contributed by atoms with Gasteiger partial charge in [0.1, 0.15) is 6.54 Å². The topological polar surface area (TPSA) is 45.2 Å². The molecule has 0 bridgehead atoms. The Kier molecular flexibility index (Phi) is 5.35. The molecule has 0 aromatic carbocycles. The van der Waals surface area contributed by atoms with E-state index in [-0.39, 0.29) is 5.56 Å². The number of aryl methyl sites for hydroxylation is 1. The smallest absolute Gasteiger partial charge is 0.384 e. The number of hydrogen-bond acceptors (Lipinski definition) is 3. The third kappa shape index (κ3) is 4.71. The molecule has 0 saturated heterocycles. The van der Waals surface area contributed by atoms with E-state index in [1.165, 1.54) is 6.20 Å². The Labute approximate surface area is 116 Å². The summed E-state index contributed by atoms with van der Waals surface area (Å²) >= 11 is 0. The zero-order valence-electron chi connectivity index (χ0n) is 11.7. The normalized spacial score (nSPS) is 11.3. The van der Waals surface area contributed by atoms with Crippen molar-refractivity contribution in [2.75, 3.05) is 25.5 Å². The number of amides is 1. The molecule has 1 rings (SSSR count). The molecule has 4 nitrogen and oxygen atoms in total. The minimum atomic E-state index is -4.42. The highest BCUT2D eigenvalue weighted by molar-refractivity contribution is 5.99. The first-order valence-electron chi connectivity index (χ1n) is 6.27. The van der Waals surface area contributed by atoms with Gasteiger partial charge in [0.05, 0.1) is 11.3 Å². The molecular weight excluding hydrogens is 271 g/mol. The molecule has 0 aliphatic carbocycles. The molecule has 0 spiro atoms. The van der Waals surface area contributed by atoms with Crippen LogP contribution in [0.3, 0.4) is 0 Å². The molecule has 0 aliphatic heterocycles. The maximum Gasteiger partial charge on any atom is 0.406 e. The second kappa shape index (κ2) is 6.58. The molecule has 112 valence electrons. The van der Waals surface area contributed by atoms with Crippen LogP contribution < -0.4 is 5.32 Å². The number of carbonyl (C=O) groups excluding carboxylic acids is 1. The predicted octanol–water partition coefficient (Wildman–Crippen LogP) is 2.85. The van der Waals surface area contributed by atoms with Gasteiger partial charge in [-0.25, -0.2) is 0 Å². The first-order valence-corrected chi connectivity index (χ1v) is 6.27. The fraction of sp³-hybridized carbons (Fsp3) is 0.538. The number of hydrogen-bond donors (Lipinski definition) is 1. The summed E-state index contributed by atoms with van der Waals surface area (Å²) in [5, 5.41) is 3.03. The minimum absolute atomic E-state index is 0.149. The van der Waals surface area contributed by atoms with Crippen LogP contribution in [0.15, 0.2) is 12.3 Å². The zero-order valence-corrected chi connectivity index (χ0v) is 11.7. The molecule has 1 aromatic rings. The zero-order chi connectivity index (χ0) is 15.3. The van der Waals surface area contributed by atoms with Gasteiger partial charge in [-0.2, -0.15) is 13.2 Å². The van der Waals surface area contributed by atoms with Gasteiger partial charge >= 0.3 is 6.18 Å². The number of nitrogens with one attached hydrogen (secondary N) is 1. The summed E-state index contributed by atoms with van der Waals surface area (Å²) in [5.74, 6) is -0.701. The second-order valence-electron chi connectivity index (χ2n) is 4.57. The fourth-order valence-corrected chi connectivity index (χ4v) is 1.68. The van der Waals surface area contributed by atoms with Crippen LogP contribution in [0.2, 0.25) is 0 Å². The van der Waals surface area contributed by atoms with Crippen molar-refractivity contribution in [3.05, 3.63) is 23.5 Å². The van der Waals surface area contributed by atoms with E-state index in [0.717, 1.165) is 13.5 Å². The Hall–Kier alpha value is -1.79. The number of alkyl halides is 3. The summed E-state index contributed by atoms with van der Waals surface area (Å²) in [6.45, 7) is 3.06. The van der Waals surface area contributed by atoms with Crippen LogP contribution >= 0.6 is 0 Å². The van der Waals surface area contributed by atoms with Crippen molar-refractivity contribution >= 4 is 11.6 Å². The molecule has 0 saturated carbocycles. The maximum absolute atomic E-state index is 12.3. The summed E-state index contributed by atoms with van der Waals surface area (Å²) in [7, 11) is 1.12. The standard InChI is InChI=1S/C13H18F3N3O/c1-4-5-17-11-6-9(2)18-7-10(11)12(20)19(3)8-13(14,15)16/h6-7H,4-5,8H2,1-3H3,(H,17,18). The number of nitrogens with zero attached hydrogens (tertiary/aromatic N) is 2. The predicted molar refractivity (Wildman–Crippen MR) is 70.8 cm³/mol. The van der Waals surface area contributed by atoms with Gasteiger partial charge in [0.2, 0.25) is 0 Å². The molecule has 0 fully saturated rings. The Bertz CT molecular complexity index is 474. The largest absolute Gasteiger partial charge is 0.406 e. The van der Waals surface area contributed by atoms with E-state index < -0.39 is 18.6 Å². The van der Waals surface area contributed by atoms with Crippen molar-refractivity contribution in [2.24, 2.45) is 0 Å². The SMILES string of the molecule is CCCNc1cc(C)ncc1C(=O)N(C)CC(F)(F)F. The molecule has 1 aromatic heterocycles. The van der Waals surface area contributed by atoms with Crippen LogP contribution in [0.1, 0.15) is 29.4 Å². The number of pyridine rings is 1.